The molecule has 2 rings (SSSR count). The number of benzene rings is 1. The van der Waals surface area contributed by atoms with Crippen LogP contribution in [0.1, 0.15) is 12.5 Å². The molecule has 96 valence electrons. The summed E-state index contributed by atoms with van der Waals surface area (Å²) in [7, 11) is 0. The maximum atomic E-state index is 10.8. The number of aromatic nitrogens is 1. The van der Waals surface area contributed by atoms with E-state index in [2.05, 4.69) is 6.07 Å². The molecule has 0 aliphatic heterocycles. The van der Waals surface area contributed by atoms with Crippen LogP contribution in [-0.4, -0.2) is 10.5 Å². The van der Waals surface area contributed by atoms with Crippen molar-refractivity contribution < 1.29 is 9.53 Å². The van der Waals surface area contributed by atoms with Crippen LogP contribution < -0.4 is 0 Å². The Bertz CT molecular complexity index is 656. The fraction of sp³-hybridized carbons (Fsp3) is 0.143. The minimum atomic E-state index is -0.369. The van der Waals surface area contributed by atoms with Gasteiger partial charge in [0.2, 0.25) is 0 Å². The Labute approximate surface area is 115 Å². The summed E-state index contributed by atoms with van der Waals surface area (Å²) in [4.78, 5) is 10.8. The van der Waals surface area contributed by atoms with Crippen molar-refractivity contribution in [1.82, 2.24) is 4.57 Å². The van der Waals surface area contributed by atoms with Gasteiger partial charge < -0.3 is 9.30 Å². The molecule has 0 unspecified atom stereocenters. The monoisotopic (exact) mass is 274 g/mol. The highest BCUT2D eigenvalue weighted by Gasteiger charge is 2.11. The molecule has 1 aromatic carbocycles. The van der Waals surface area contributed by atoms with Crippen molar-refractivity contribution in [3.05, 3.63) is 47.2 Å². The number of carbonyl (C=O) groups is 1. The van der Waals surface area contributed by atoms with E-state index in [0.717, 1.165) is 11.1 Å². The lowest BCUT2D eigenvalue weighted by molar-refractivity contribution is -0.144. The van der Waals surface area contributed by atoms with Gasteiger partial charge in [0, 0.05) is 35.5 Å². The van der Waals surface area contributed by atoms with E-state index >= 15 is 0 Å². The molecule has 0 saturated carbocycles. The highest BCUT2D eigenvalue weighted by molar-refractivity contribution is 6.33. The molecule has 4 nitrogen and oxygen atoms in total. The van der Waals surface area contributed by atoms with Gasteiger partial charge in [-0.15, -0.1) is 0 Å². The van der Waals surface area contributed by atoms with E-state index in [1.54, 1.807) is 23.0 Å². The van der Waals surface area contributed by atoms with Crippen molar-refractivity contribution in [2.45, 2.75) is 13.7 Å². The average molecular weight is 275 g/mol. The van der Waals surface area contributed by atoms with E-state index in [0.29, 0.717) is 10.6 Å². The zero-order valence-corrected chi connectivity index (χ0v) is 11.0. The molecule has 0 amide bonds. The molecule has 0 aliphatic rings. The molecule has 0 fully saturated rings. The van der Waals surface area contributed by atoms with Gasteiger partial charge in [0.05, 0.1) is 5.56 Å². The molecule has 5 heteroatoms. The Balaban J connectivity index is 2.38. The van der Waals surface area contributed by atoms with Gasteiger partial charge >= 0.3 is 5.97 Å². The van der Waals surface area contributed by atoms with Crippen molar-refractivity contribution in [3.8, 4) is 17.2 Å². The minimum Gasteiger partial charge on any atom is -0.444 e. The Morgan fingerprint density at radius 2 is 2.11 bits per heavy atom. The first-order chi connectivity index (χ1) is 9.11. The van der Waals surface area contributed by atoms with Crippen molar-refractivity contribution in [1.29, 1.82) is 5.26 Å². The second kappa shape index (κ2) is 5.59. The smallest absolute Gasteiger partial charge is 0.304 e. The standard InChI is InChI=1S/C14H11ClN2O2/c1-10(18)19-9-17-7-11(6-16)13(8-17)12-4-2-3-5-14(12)15/h2-5,7-8H,9H2,1H3. The molecule has 0 aliphatic carbocycles. The number of ether oxygens (including phenoxy) is 1. The van der Waals surface area contributed by atoms with Gasteiger partial charge in [-0.3, -0.25) is 4.79 Å². The molecular weight excluding hydrogens is 264 g/mol. The molecule has 2 aromatic rings. The third-order valence-electron chi connectivity index (χ3n) is 2.58. The van der Waals surface area contributed by atoms with Crippen LogP contribution in [0.25, 0.3) is 11.1 Å². The van der Waals surface area contributed by atoms with Crippen molar-refractivity contribution >= 4 is 17.6 Å². The van der Waals surface area contributed by atoms with Gasteiger partial charge in [-0.2, -0.15) is 5.26 Å². The molecule has 0 N–H and O–H groups in total. The number of nitrogens with zero attached hydrogens (tertiary/aromatic N) is 2. The number of hydrogen-bond donors (Lipinski definition) is 0. The van der Waals surface area contributed by atoms with E-state index in [1.165, 1.54) is 6.92 Å². The van der Waals surface area contributed by atoms with Crippen LogP contribution in [0.5, 0.6) is 0 Å². The van der Waals surface area contributed by atoms with Crippen molar-refractivity contribution in [3.63, 3.8) is 0 Å². The number of hydrogen-bond acceptors (Lipinski definition) is 3. The summed E-state index contributed by atoms with van der Waals surface area (Å²) < 4.78 is 6.53. The molecule has 0 saturated heterocycles. The Morgan fingerprint density at radius 3 is 2.74 bits per heavy atom. The lowest BCUT2D eigenvalue weighted by Crippen LogP contribution is -2.03. The molecule has 0 bridgehead atoms. The lowest BCUT2D eigenvalue weighted by atomic mass is 10.1. The predicted octanol–water partition coefficient (Wildman–Crippen LogP) is 3.20. The normalized spacial score (nSPS) is 9.95. The van der Waals surface area contributed by atoms with E-state index < -0.39 is 0 Å². The summed E-state index contributed by atoms with van der Waals surface area (Å²) in [6.07, 6.45) is 3.37. The minimum absolute atomic E-state index is 0.0778. The predicted molar refractivity (Wildman–Crippen MR) is 71.4 cm³/mol. The molecule has 0 spiro atoms. The van der Waals surface area contributed by atoms with Gasteiger partial charge in [-0.1, -0.05) is 29.8 Å². The number of halogens is 1. The lowest BCUT2D eigenvalue weighted by Gasteiger charge is -2.03. The van der Waals surface area contributed by atoms with Gasteiger partial charge in [0.25, 0.3) is 0 Å². The summed E-state index contributed by atoms with van der Waals surface area (Å²) in [6.45, 7) is 1.41. The fourth-order valence-electron chi connectivity index (χ4n) is 1.73. The average Bonchev–Trinajstić information content (AvgIpc) is 2.80. The molecule has 19 heavy (non-hydrogen) atoms. The van der Waals surface area contributed by atoms with Crippen LogP contribution in [0.3, 0.4) is 0 Å². The molecule has 1 heterocycles. The van der Waals surface area contributed by atoms with Gasteiger partial charge in [-0.25, -0.2) is 0 Å². The van der Waals surface area contributed by atoms with E-state index in [-0.39, 0.29) is 12.7 Å². The van der Waals surface area contributed by atoms with Crippen LogP contribution in [0.4, 0.5) is 0 Å². The number of carbonyl (C=O) groups excluding carboxylic acids is 1. The van der Waals surface area contributed by atoms with Crippen LogP contribution >= 0.6 is 11.6 Å². The van der Waals surface area contributed by atoms with Crippen LogP contribution in [-0.2, 0) is 16.3 Å². The summed E-state index contributed by atoms with van der Waals surface area (Å²) in [5, 5.41) is 9.72. The summed E-state index contributed by atoms with van der Waals surface area (Å²) in [5.41, 5.74) is 1.99. The molecular formula is C14H11ClN2O2. The van der Waals surface area contributed by atoms with Gasteiger partial charge in [0.15, 0.2) is 6.73 Å². The van der Waals surface area contributed by atoms with Crippen LogP contribution in [0.2, 0.25) is 5.02 Å². The maximum Gasteiger partial charge on any atom is 0.304 e. The zero-order valence-electron chi connectivity index (χ0n) is 10.3. The molecule has 0 atom stereocenters. The van der Waals surface area contributed by atoms with Gasteiger partial charge in [-0.05, 0) is 6.07 Å². The second-order valence-corrected chi connectivity index (χ2v) is 4.36. The SMILES string of the molecule is CC(=O)OCn1cc(C#N)c(-c2ccccc2Cl)c1. The van der Waals surface area contributed by atoms with Crippen molar-refractivity contribution in [2.24, 2.45) is 0 Å². The van der Waals surface area contributed by atoms with E-state index in [4.69, 9.17) is 21.6 Å². The van der Waals surface area contributed by atoms with Crippen LogP contribution in [0, 0.1) is 11.3 Å². The first kappa shape index (κ1) is 13.2. The fourth-order valence-corrected chi connectivity index (χ4v) is 1.97. The second-order valence-electron chi connectivity index (χ2n) is 3.96. The number of rotatable bonds is 3. The molecule has 0 radical (unpaired) electrons. The summed E-state index contributed by atoms with van der Waals surface area (Å²) in [5.74, 6) is -0.369. The Hall–Kier alpha value is -2.25. The highest BCUT2D eigenvalue weighted by Crippen LogP contribution is 2.30. The van der Waals surface area contributed by atoms with Gasteiger partial charge in [0.1, 0.15) is 6.07 Å². The third-order valence-corrected chi connectivity index (χ3v) is 2.91. The first-order valence-corrected chi connectivity index (χ1v) is 5.97. The van der Waals surface area contributed by atoms with E-state index in [9.17, 15) is 4.79 Å². The Kier molecular flexibility index (Phi) is 3.88. The molecule has 1 aromatic heterocycles. The largest absolute Gasteiger partial charge is 0.444 e. The maximum absolute atomic E-state index is 10.8. The number of esters is 1. The van der Waals surface area contributed by atoms with Crippen molar-refractivity contribution in [2.75, 3.05) is 0 Å². The van der Waals surface area contributed by atoms with Crippen LogP contribution in [0.15, 0.2) is 36.7 Å². The summed E-state index contributed by atoms with van der Waals surface area (Å²) in [6, 6.07) is 9.40. The zero-order chi connectivity index (χ0) is 13.8. The van der Waals surface area contributed by atoms with E-state index in [1.807, 2.05) is 18.2 Å². The summed E-state index contributed by atoms with van der Waals surface area (Å²) >= 11 is 6.12. The first-order valence-electron chi connectivity index (χ1n) is 5.60. The Morgan fingerprint density at radius 1 is 1.37 bits per heavy atom. The third kappa shape index (κ3) is 2.95. The highest BCUT2D eigenvalue weighted by atomic mass is 35.5. The quantitative estimate of drug-likeness (QED) is 0.808. The topological polar surface area (TPSA) is 55.0 Å². The number of nitriles is 1.